The highest BCUT2D eigenvalue weighted by Gasteiger charge is 2.24. The van der Waals surface area contributed by atoms with Crippen molar-refractivity contribution in [1.29, 1.82) is 0 Å². The average molecular weight is 532 g/mol. The van der Waals surface area contributed by atoms with Crippen molar-refractivity contribution in [1.82, 2.24) is 14.9 Å². The smallest absolute Gasteiger partial charge is 0.254 e. The Labute approximate surface area is 226 Å². The molecule has 5 rings (SSSR count). The highest BCUT2D eigenvalue weighted by molar-refractivity contribution is 7.98. The minimum absolute atomic E-state index is 0.0216. The second kappa shape index (κ2) is 11.4. The van der Waals surface area contributed by atoms with Crippen molar-refractivity contribution in [3.8, 4) is 0 Å². The molecule has 1 aromatic heterocycles. The summed E-state index contributed by atoms with van der Waals surface area (Å²) in [6.07, 6.45) is 8.36. The molecule has 1 saturated carbocycles. The van der Waals surface area contributed by atoms with Crippen molar-refractivity contribution in [2.45, 2.75) is 55.6 Å². The molecule has 2 aromatic carbocycles. The van der Waals surface area contributed by atoms with Crippen LogP contribution < -0.4 is 22.1 Å². The largest absolute Gasteiger partial charge is 0.365 e. The number of thioether (sulfide) groups is 1. The SMILES string of the molecule is CSc1cccc(C(=O)N2CCc3ccc(Nc4nc(N[C@@H]5CCCC[C@@H]5N)ncc4C(N)=O)cc3C2)c1. The van der Waals surface area contributed by atoms with Gasteiger partial charge in [-0.3, -0.25) is 9.59 Å². The van der Waals surface area contributed by atoms with Gasteiger partial charge >= 0.3 is 0 Å². The van der Waals surface area contributed by atoms with Gasteiger partial charge in [-0.25, -0.2) is 4.98 Å². The van der Waals surface area contributed by atoms with Crippen LogP contribution in [-0.4, -0.2) is 51.6 Å². The van der Waals surface area contributed by atoms with E-state index in [1.165, 1.54) is 11.8 Å². The topological polar surface area (TPSA) is 139 Å². The number of nitrogens with one attached hydrogen (secondary N) is 2. The van der Waals surface area contributed by atoms with Crippen molar-refractivity contribution in [2.24, 2.45) is 11.5 Å². The van der Waals surface area contributed by atoms with E-state index in [0.717, 1.165) is 48.3 Å². The van der Waals surface area contributed by atoms with Gasteiger partial charge in [-0.15, -0.1) is 11.8 Å². The third kappa shape index (κ3) is 5.76. The van der Waals surface area contributed by atoms with Crippen LogP contribution >= 0.6 is 11.8 Å². The number of benzene rings is 2. The van der Waals surface area contributed by atoms with Crippen molar-refractivity contribution in [3.05, 3.63) is 70.9 Å². The number of rotatable bonds is 7. The van der Waals surface area contributed by atoms with E-state index in [1.807, 2.05) is 47.6 Å². The number of anilines is 3. The Morgan fingerprint density at radius 2 is 1.95 bits per heavy atom. The van der Waals surface area contributed by atoms with Gasteiger partial charge in [0.2, 0.25) is 5.95 Å². The van der Waals surface area contributed by atoms with E-state index in [0.29, 0.717) is 30.4 Å². The van der Waals surface area contributed by atoms with Gasteiger partial charge in [0.1, 0.15) is 11.4 Å². The Bertz CT molecular complexity index is 1350. The van der Waals surface area contributed by atoms with Crippen LogP contribution in [0.4, 0.5) is 17.5 Å². The quantitative estimate of drug-likeness (QED) is 0.337. The van der Waals surface area contributed by atoms with Crippen LogP contribution in [0.1, 0.15) is 57.5 Å². The van der Waals surface area contributed by atoms with Gasteiger partial charge in [-0.2, -0.15) is 4.98 Å². The molecule has 1 aliphatic carbocycles. The second-order valence-electron chi connectivity index (χ2n) is 9.84. The summed E-state index contributed by atoms with van der Waals surface area (Å²) in [6.45, 7) is 1.17. The van der Waals surface area contributed by atoms with E-state index in [1.54, 1.807) is 11.8 Å². The van der Waals surface area contributed by atoms with Gasteiger partial charge in [-0.1, -0.05) is 25.0 Å². The molecule has 2 aliphatic rings. The minimum Gasteiger partial charge on any atom is -0.365 e. The number of carbonyl (C=O) groups excluding carboxylic acids is 2. The first-order chi connectivity index (χ1) is 18.4. The Hall–Kier alpha value is -3.63. The molecular weight excluding hydrogens is 498 g/mol. The molecule has 38 heavy (non-hydrogen) atoms. The van der Waals surface area contributed by atoms with Gasteiger partial charge in [-0.05, 0) is 67.0 Å². The molecule has 3 aromatic rings. The number of hydrogen-bond acceptors (Lipinski definition) is 8. The van der Waals surface area contributed by atoms with Gasteiger partial charge in [0, 0.05) is 47.5 Å². The number of nitrogens with zero attached hydrogens (tertiary/aromatic N) is 3. The number of hydrogen-bond donors (Lipinski definition) is 4. The maximum absolute atomic E-state index is 13.2. The van der Waals surface area contributed by atoms with Gasteiger partial charge < -0.3 is 27.0 Å². The van der Waals surface area contributed by atoms with Crippen molar-refractivity contribution in [3.63, 3.8) is 0 Å². The predicted octanol–water partition coefficient (Wildman–Crippen LogP) is 3.92. The molecule has 2 amide bonds. The molecule has 10 heteroatoms. The highest BCUT2D eigenvalue weighted by atomic mass is 32.2. The van der Waals surface area contributed by atoms with E-state index in [2.05, 4.69) is 26.7 Å². The van der Waals surface area contributed by atoms with Crippen LogP contribution in [0, 0.1) is 0 Å². The second-order valence-corrected chi connectivity index (χ2v) is 10.7. The number of primary amides is 1. The molecule has 1 fully saturated rings. The summed E-state index contributed by atoms with van der Waals surface area (Å²) in [4.78, 5) is 37.1. The monoisotopic (exact) mass is 531 g/mol. The van der Waals surface area contributed by atoms with E-state index < -0.39 is 5.91 Å². The lowest BCUT2D eigenvalue weighted by molar-refractivity contribution is 0.0734. The van der Waals surface area contributed by atoms with Crippen LogP contribution in [-0.2, 0) is 13.0 Å². The number of nitrogens with two attached hydrogens (primary N) is 2. The highest BCUT2D eigenvalue weighted by Crippen LogP contribution is 2.28. The molecule has 9 nitrogen and oxygen atoms in total. The lowest BCUT2D eigenvalue weighted by Crippen LogP contribution is -2.43. The molecule has 198 valence electrons. The first kappa shape index (κ1) is 26.0. The Balaban J connectivity index is 1.35. The van der Waals surface area contributed by atoms with E-state index in [9.17, 15) is 9.59 Å². The van der Waals surface area contributed by atoms with Gasteiger partial charge in [0.15, 0.2) is 0 Å². The zero-order valence-corrected chi connectivity index (χ0v) is 22.3. The minimum atomic E-state index is -0.615. The van der Waals surface area contributed by atoms with E-state index in [4.69, 9.17) is 11.5 Å². The third-order valence-electron chi connectivity index (χ3n) is 7.27. The lowest BCUT2D eigenvalue weighted by Gasteiger charge is -2.30. The summed E-state index contributed by atoms with van der Waals surface area (Å²) in [5, 5.41) is 6.58. The summed E-state index contributed by atoms with van der Waals surface area (Å²) in [5.74, 6) is 0.142. The summed E-state index contributed by atoms with van der Waals surface area (Å²) in [7, 11) is 0. The normalized spacial score (nSPS) is 18.9. The van der Waals surface area contributed by atoms with E-state index in [-0.39, 0.29) is 23.6 Å². The molecule has 0 saturated heterocycles. The maximum atomic E-state index is 13.2. The zero-order valence-electron chi connectivity index (χ0n) is 21.4. The summed E-state index contributed by atoms with van der Waals surface area (Å²) >= 11 is 1.62. The number of carbonyl (C=O) groups is 2. The zero-order chi connectivity index (χ0) is 26.6. The standard InChI is InChI=1S/C28H33N7O2S/c1-38-21-6-4-5-18(14-21)27(37)35-12-11-17-9-10-20(13-19(17)16-35)32-26-22(25(30)36)15-31-28(34-26)33-24-8-3-2-7-23(24)29/h4-6,9-10,13-15,23-24H,2-3,7-8,11-12,16,29H2,1H3,(H2,30,36)(H2,31,32,33,34)/t23-,24+/m0/s1. The first-order valence-corrected chi connectivity index (χ1v) is 14.1. The molecule has 0 unspecified atom stereocenters. The molecule has 0 radical (unpaired) electrons. The van der Waals surface area contributed by atoms with Crippen molar-refractivity contribution < 1.29 is 9.59 Å². The molecule has 2 heterocycles. The molecule has 1 aliphatic heterocycles. The third-order valence-corrected chi connectivity index (χ3v) is 8.00. The van der Waals surface area contributed by atoms with Crippen LogP contribution in [0.3, 0.4) is 0 Å². The van der Waals surface area contributed by atoms with Gasteiger partial charge in [0.05, 0.1) is 0 Å². The fraction of sp³-hybridized carbons (Fsp3) is 0.357. The number of aromatic nitrogens is 2. The van der Waals surface area contributed by atoms with E-state index >= 15 is 0 Å². The first-order valence-electron chi connectivity index (χ1n) is 12.9. The number of fused-ring (bicyclic) bond motifs is 1. The summed E-state index contributed by atoms with van der Waals surface area (Å²) < 4.78 is 0. The lowest BCUT2D eigenvalue weighted by atomic mass is 9.91. The molecule has 0 spiro atoms. The Morgan fingerprint density at radius 1 is 1.11 bits per heavy atom. The summed E-state index contributed by atoms with van der Waals surface area (Å²) in [6, 6.07) is 13.9. The molecule has 2 atom stereocenters. The molecule has 6 N–H and O–H groups in total. The van der Waals surface area contributed by atoms with Crippen LogP contribution in [0.5, 0.6) is 0 Å². The fourth-order valence-corrected chi connectivity index (χ4v) is 5.57. The number of amides is 2. The predicted molar refractivity (Wildman–Crippen MR) is 151 cm³/mol. The molecular formula is C28H33N7O2S. The van der Waals surface area contributed by atoms with Crippen molar-refractivity contribution >= 4 is 41.0 Å². The Morgan fingerprint density at radius 3 is 2.74 bits per heavy atom. The average Bonchev–Trinajstić information content (AvgIpc) is 2.93. The Kier molecular flexibility index (Phi) is 7.80. The summed E-state index contributed by atoms with van der Waals surface area (Å²) in [5.41, 5.74) is 15.8. The van der Waals surface area contributed by atoms with Crippen LogP contribution in [0.15, 0.2) is 53.6 Å². The van der Waals surface area contributed by atoms with Crippen LogP contribution in [0.25, 0.3) is 0 Å². The maximum Gasteiger partial charge on any atom is 0.254 e. The fourth-order valence-electron chi connectivity index (χ4n) is 5.12. The van der Waals surface area contributed by atoms with Crippen molar-refractivity contribution in [2.75, 3.05) is 23.4 Å². The van der Waals surface area contributed by atoms with Crippen LogP contribution in [0.2, 0.25) is 0 Å². The van der Waals surface area contributed by atoms with Gasteiger partial charge in [0.25, 0.3) is 11.8 Å². The molecule has 0 bridgehead atoms.